The van der Waals surface area contributed by atoms with Crippen LogP contribution in [-0.4, -0.2) is 33.0 Å². The summed E-state index contributed by atoms with van der Waals surface area (Å²) in [4.78, 5) is 0.0726. The predicted octanol–water partition coefficient (Wildman–Crippen LogP) is 2.03. The van der Waals surface area contributed by atoms with Gasteiger partial charge < -0.3 is 14.6 Å². The lowest BCUT2D eigenvalue weighted by Crippen LogP contribution is -2.21. The summed E-state index contributed by atoms with van der Waals surface area (Å²) in [6.07, 6.45) is -0.703. The van der Waals surface area contributed by atoms with E-state index in [9.17, 15) is 13.5 Å². The highest BCUT2D eigenvalue weighted by molar-refractivity contribution is 7.86. The second kappa shape index (κ2) is 6.80. The molecule has 1 aliphatic heterocycles. The molecule has 0 aromatic heterocycles. The van der Waals surface area contributed by atoms with E-state index in [-0.39, 0.29) is 24.7 Å². The molecule has 0 radical (unpaired) electrons. The zero-order valence-electron chi connectivity index (χ0n) is 13.1. The fraction of sp³-hybridized carbons (Fsp3) is 0.294. The first kappa shape index (κ1) is 16.8. The molecule has 6 nitrogen and oxygen atoms in total. The Bertz CT molecular complexity index is 813. The van der Waals surface area contributed by atoms with Gasteiger partial charge in [-0.1, -0.05) is 23.8 Å². The van der Waals surface area contributed by atoms with Crippen LogP contribution in [0.25, 0.3) is 0 Å². The normalized spacial score (nSPS) is 14.6. The summed E-state index contributed by atoms with van der Waals surface area (Å²) < 4.78 is 39.6. The molecule has 3 rings (SSSR count). The fourth-order valence-corrected chi connectivity index (χ4v) is 3.28. The second-order valence-electron chi connectivity index (χ2n) is 5.60. The molecule has 24 heavy (non-hydrogen) atoms. The Hall–Kier alpha value is -2.09. The van der Waals surface area contributed by atoms with E-state index in [4.69, 9.17) is 13.7 Å². The highest BCUT2D eigenvalue weighted by Gasteiger charge is 2.19. The number of aryl methyl sites for hydroxylation is 1. The molecule has 0 fully saturated rings. The van der Waals surface area contributed by atoms with Crippen LogP contribution >= 0.6 is 0 Å². The molecule has 0 bridgehead atoms. The van der Waals surface area contributed by atoms with Gasteiger partial charge >= 0.3 is 0 Å². The van der Waals surface area contributed by atoms with Gasteiger partial charge in [-0.15, -0.1) is 0 Å². The van der Waals surface area contributed by atoms with Crippen LogP contribution in [0.2, 0.25) is 0 Å². The van der Waals surface area contributed by atoms with Gasteiger partial charge in [-0.3, -0.25) is 4.18 Å². The molecular formula is C17H18O6S. The van der Waals surface area contributed by atoms with E-state index in [1.54, 1.807) is 30.3 Å². The van der Waals surface area contributed by atoms with Gasteiger partial charge in [0.2, 0.25) is 6.79 Å². The topological polar surface area (TPSA) is 82.1 Å². The van der Waals surface area contributed by atoms with E-state index in [1.807, 2.05) is 6.92 Å². The first-order valence-electron chi connectivity index (χ1n) is 7.47. The maximum absolute atomic E-state index is 12.1. The number of benzene rings is 2. The van der Waals surface area contributed by atoms with Crippen molar-refractivity contribution < 1.29 is 27.2 Å². The van der Waals surface area contributed by atoms with Gasteiger partial charge in [0.05, 0.1) is 17.6 Å². The highest BCUT2D eigenvalue weighted by atomic mass is 32.2. The van der Waals surface area contributed by atoms with Crippen molar-refractivity contribution in [2.24, 2.45) is 0 Å². The van der Waals surface area contributed by atoms with Gasteiger partial charge in [-0.2, -0.15) is 8.42 Å². The van der Waals surface area contributed by atoms with Crippen LogP contribution in [0.3, 0.4) is 0 Å². The van der Waals surface area contributed by atoms with Crippen LogP contribution in [-0.2, 0) is 20.7 Å². The van der Waals surface area contributed by atoms with Crippen molar-refractivity contribution in [1.29, 1.82) is 0 Å². The van der Waals surface area contributed by atoms with Crippen LogP contribution in [0.15, 0.2) is 47.4 Å². The summed E-state index contributed by atoms with van der Waals surface area (Å²) >= 11 is 0. The molecule has 1 N–H and O–H groups in total. The average Bonchev–Trinajstić information content (AvgIpc) is 3.01. The lowest BCUT2D eigenvalue weighted by atomic mass is 10.1. The van der Waals surface area contributed by atoms with E-state index < -0.39 is 16.2 Å². The van der Waals surface area contributed by atoms with Crippen LogP contribution < -0.4 is 9.47 Å². The summed E-state index contributed by atoms with van der Waals surface area (Å²) in [5.74, 6) is 1.28. The summed E-state index contributed by atoms with van der Waals surface area (Å²) in [6.45, 7) is 1.73. The van der Waals surface area contributed by atoms with E-state index in [1.165, 1.54) is 12.1 Å². The van der Waals surface area contributed by atoms with Crippen molar-refractivity contribution in [1.82, 2.24) is 0 Å². The molecule has 0 spiro atoms. The third-order valence-electron chi connectivity index (χ3n) is 3.63. The van der Waals surface area contributed by atoms with Crippen LogP contribution in [0.1, 0.15) is 11.1 Å². The first-order valence-corrected chi connectivity index (χ1v) is 8.87. The van der Waals surface area contributed by atoms with Gasteiger partial charge in [-0.05, 0) is 36.8 Å². The lowest BCUT2D eigenvalue weighted by Gasteiger charge is -2.12. The fourth-order valence-electron chi connectivity index (χ4n) is 2.34. The Balaban J connectivity index is 1.59. The minimum Gasteiger partial charge on any atom is -0.454 e. The molecule has 7 heteroatoms. The Morgan fingerprint density at radius 2 is 1.83 bits per heavy atom. The van der Waals surface area contributed by atoms with Gasteiger partial charge in [0.25, 0.3) is 10.1 Å². The van der Waals surface area contributed by atoms with E-state index in [0.29, 0.717) is 11.5 Å². The van der Waals surface area contributed by atoms with Gasteiger partial charge in [0, 0.05) is 6.42 Å². The standard InChI is InChI=1S/C17H18O6S/c1-12-2-5-15(6-3-12)24(19,20)23-10-14(18)8-13-4-7-16-17(9-13)22-11-21-16/h2-7,9,14,18H,8,10-11H2,1H3/t14-/m1/s1. The third kappa shape index (κ3) is 3.87. The Kier molecular flexibility index (Phi) is 4.75. The molecule has 0 amide bonds. The number of hydrogen-bond donors (Lipinski definition) is 1. The molecule has 0 aliphatic carbocycles. The molecule has 0 unspecified atom stereocenters. The van der Waals surface area contributed by atoms with Crippen molar-refractivity contribution in [2.75, 3.05) is 13.4 Å². The SMILES string of the molecule is Cc1ccc(S(=O)(=O)OC[C@H](O)Cc2ccc3c(c2)OCO3)cc1. The summed E-state index contributed by atoms with van der Waals surface area (Å²) in [5.41, 5.74) is 1.76. The van der Waals surface area contributed by atoms with E-state index in [2.05, 4.69) is 0 Å². The summed E-state index contributed by atoms with van der Waals surface area (Å²) in [7, 11) is -3.88. The largest absolute Gasteiger partial charge is 0.454 e. The quantitative estimate of drug-likeness (QED) is 0.803. The number of aliphatic hydroxyl groups is 1. The number of fused-ring (bicyclic) bond motifs is 1. The molecule has 1 aliphatic rings. The molecule has 1 atom stereocenters. The average molecular weight is 350 g/mol. The van der Waals surface area contributed by atoms with Gasteiger partial charge in [0.1, 0.15) is 0 Å². The molecule has 2 aromatic carbocycles. The van der Waals surface area contributed by atoms with Gasteiger partial charge in [0.15, 0.2) is 11.5 Å². The highest BCUT2D eigenvalue weighted by Crippen LogP contribution is 2.32. The Morgan fingerprint density at radius 3 is 2.58 bits per heavy atom. The zero-order valence-corrected chi connectivity index (χ0v) is 14.0. The first-order chi connectivity index (χ1) is 11.4. The van der Waals surface area contributed by atoms with Gasteiger partial charge in [-0.25, -0.2) is 0 Å². The number of ether oxygens (including phenoxy) is 2. The number of rotatable bonds is 6. The maximum Gasteiger partial charge on any atom is 0.297 e. The van der Waals surface area contributed by atoms with Crippen LogP contribution in [0.4, 0.5) is 0 Å². The zero-order chi connectivity index (χ0) is 17.2. The van der Waals surface area contributed by atoms with Crippen molar-refractivity contribution in [3.8, 4) is 11.5 Å². The smallest absolute Gasteiger partial charge is 0.297 e. The molecule has 0 saturated heterocycles. The van der Waals surface area contributed by atoms with Crippen molar-refractivity contribution in [3.63, 3.8) is 0 Å². The monoisotopic (exact) mass is 350 g/mol. The Morgan fingerprint density at radius 1 is 1.12 bits per heavy atom. The molecule has 0 saturated carbocycles. The van der Waals surface area contributed by atoms with Crippen molar-refractivity contribution in [3.05, 3.63) is 53.6 Å². The summed E-state index contributed by atoms with van der Waals surface area (Å²) in [5, 5.41) is 10.0. The third-order valence-corrected chi connectivity index (χ3v) is 4.93. The van der Waals surface area contributed by atoms with E-state index in [0.717, 1.165) is 11.1 Å². The van der Waals surface area contributed by atoms with Crippen LogP contribution in [0.5, 0.6) is 11.5 Å². The predicted molar refractivity (Wildman–Crippen MR) is 86.6 cm³/mol. The van der Waals surface area contributed by atoms with Crippen molar-refractivity contribution in [2.45, 2.75) is 24.3 Å². The Labute approximate surface area is 140 Å². The maximum atomic E-state index is 12.1. The lowest BCUT2D eigenvalue weighted by molar-refractivity contribution is 0.111. The molecular weight excluding hydrogens is 332 g/mol. The minimum absolute atomic E-state index is 0.0726. The molecule has 2 aromatic rings. The van der Waals surface area contributed by atoms with E-state index >= 15 is 0 Å². The van der Waals surface area contributed by atoms with Crippen LogP contribution in [0, 0.1) is 6.92 Å². The molecule has 1 heterocycles. The second-order valence-corrected chi connectivity index (χ2v) is 7.21. The summed E-state index contributed by atoms with van der Waals surface area (Å²) in [6, 6.07) is 11.7. The molecule has 128 valence electrons. The number of hydrogen-bond acceptors (Lipinski definition) is 6. The minimum atomic E-state index is -3.88. The van der Waals surface area contributed by atoms with Crippen molar-refractivity contribution >= 4 is 10.1 Å². The number of aliphatic hydroxyl groups excluding tert-OH is 1.